The average Bonchev–Trinajstić information content (AvgIpc) is 2.11. The van der Waals surface area contributed by atoms with Gasteiger partial charge in [-0.25, -0.2) is 4.98 Å². The third-order valence-corrected chi connectivity index (χ3v) is 1.45. The van der Waals surface area contributed by atoms with Gasteiger partial charge >= 0.3 is 5.97 Å². The molecule has 0 atom stereocenters. The smallest absolute Gasteiger partial charge is 0.310 e. The first kappa shape index (κ1) is 9.44. The largest absolute Gasteiger partial charge is 0.504 e. The molecule has 0 aliphatic heterocycles. The monoisotopic (exact) mass is 185 g/mol. The van der Waals surface area contributed by atoms with Crippen molar-refractivity contribution in [1.29, 1.82) is 0 Å². The highest BCUT2D eigenvalue weighted by Gasteiger charge is 2.06. The highest BCUT2D eigenvalue weighted by atomic mass is 19.1. The van der Waals surface area contributed by atoms with E-state index in [4.69, 9.17) is 5.11 Å². The minimum absolute atomic E-state index is 0.0304. The van der Waals surface area contributed by atoms with E-state index >= 15 is 0 Å². The number of rotatable bonds is 2. The van der Waals surface area contributed by atoms with E-state index in [1.807, 2.05) is 0 Å². The number of carbonyl (C=O) groups excluding carboxylic acids is 1. The Hall–Kier alpha value is -1.65. The van der Waals surface area contributed by atoms with Gasteiger partial charge in [0.05, 0.1) is 13.5 Å². The molecule has 0 fully saturated rings. The molecule has 1 heterocycles. The van der Waals surface area contributed by atoms with Crippen LogP contribution in [0.5, 0.6) is 5.75 Å². The Balaban J connectivity index is 2.79. The molecule has 0 unspecified atom stereocenters. The summed E-state index contributed by atoms with van der Waals surface area (Å²) in [6, 6.07) is 1.14. The van der Waals surface area contributed by atoms with E-state index in [1.54, 1.807) is 0 Å². The standard InChI is InChI=1S/C8H8FNO3/c1-13-7(12)3-5-2-6(11)8(9)10-4-5/h2,4,11H,3H2,1H3. The molecule has 0 aromatic carbocycles. The number of aromatic hydroxyl groups is 1. The Bertz CT molecular complexity index is 327. The summed E-state index contributed by atoms with van der Waals surface area (Å²) in [7, 11) is 1.25. The Morgan fingerprint density at radius 2 is 2.46 bits per heavy atom. The van der Waals surface area contributed by atoms with Crippen LogP contribution >= 0.6 is 0 Å². The van der Waals surface area contributed by atoms with Gasteiger partial charge in [0.25, 0.3) is 5.95 Å². The Kier molecular flexibility index (Phi) is 2.79. The van der Waals surface area contributed by atoms with Gasteiger partial charge in [-0.2, -0.15) is 4.39 Å². The van der Waals surface area contributed by atoms with E-state index in [-0.39, 0.29) is 6.42 Å². The van der Waals surface area contributed by atoms with E-state index in [2.05, 4.69) is 9.72 Å². The molecule has 4 nitrogen and oxygen atoms in total. The molecule has 1 aromatic rings. The predicted octanol–water partition coefficient (Wildman–Crippen LogP) is 0.642. The first-order valence-electron chi connectivity index (χ1n) is 3.53. The van der Waals surface area contributed by atoms with Crippen LogP contribution in [-0.4, -0.2) is 23.2 Å². The zero-order chi connectivity index (χ0) is 9.84. The molecule has 0 radical (unpaired) electrons. The Morgan fingerprint density at radius 3 is 3.00 bits per heavy atom. The van der Waals surface area contributed by atoms with Crippen molar-refractivity contribution in [3.05, 3.63) is 23.8 Å². The summed E-state index contributed by atoms with van der Waals surface area (Å²) in [5.74, 6) is -1.98. The van der Waals surface area contributed by atoms with Crippen LogP contribution in [0.4, 0.5) is 4.39 Å². The van der Waals surface area contributed by atoms with Crippen LogP contribution in [0.2, 0.25) is 0 Å². The van der Waals surface area contributed by atoms with E-state index < -0.39 is 17.7 Å². The van der Waals surface area contributed by atoms with Crippen molar-refractivity contribution >= 4 is 5.97 Å². The number of hydrogen-bond donors (Lipinski definition) is 1. The Labute approximate surface area is 74.0 Å². The zero-order valence-electron chi connectivity index (χ0n) is 6.95. The van der Waals surface area contributed by atoms with Gasteiger partial charge in [-0.1, -0.05) is 0 Å². The normalized spacial score (nSPS) is 9.69. The fraction of sp³-hybridized carbons (Fsp3) is 0.250. The average molecular weight is 185 g/mol. The van der Waals surface area contributed by atoms with Gasteiger partial charge in [-0.15, -0.1) is 0 Å². The summed E-state index contributed by atoms with van der Waals surface area (Å²) in [6.07, 6.45) is 1.14. The highest BCUT2D eigenvalue weighted by Crippen LogP contribution is 2.14. The minimum Gasteiger partial charge on any atom is -0.504 e. The van der Waals surface area contributed by atoms with Crippen molar-refractivity contribution in [3.8, 4) is 5.75 Å². The lowest BCUT2D eigenvalue weighted by Gasteiger charge is -2.00. The second-order valence-electron chi connectivity index (χ2n) is 2.41. The molecule has 0 bridgehead atoms. The summed E-state index contributed by atoms with van der Waals surface area (Å²) < 4.78 is 16.8. The lowest BCUT2D eigenvalue weighted by Crippen LogP contribution is -2.04. The van der Waals surface area contributed by atoms with Crippen LogP contribution < -0.4 is 0 Å². The molecule has 70 valence electrons. The van der Waals surface area contributed by atoms with Crippen molar-refractivity contribution < 1.29 is 19.0 Å². The van der Waals surface area contributed by atoms with Crippen molar-refractivity contribution in [2.45, 2.75) is 6.42 Å². The number of aromatic nitrogens is 1. The van der Waals surface area contributed by atoms with Crippen LogP contribution in [-0.2, 0) is 16.0 Å². The summed E-state index contributed by atoms with van der Waals surface area (Å²) in [6.45, 7) is 0. The quantitative estimate of drug-likeness (QED) is 0.542. The molecule has 13 heavy (non-hydrogen) atoms. The number of methoxy groups -OCH3 is 1. The van der Waals surface area contributed by atoms with Crippen molar-refractivity contribution in [2.24, 2.45) is 0 Å². The van der Waals surface area contributed by atoms with Gasteiger partial charge in [-0.3, -0.25) is 4.79 Å². The number of nitrogens with zero attached hydrogens (tertiary/aromatic N) is 1. The number of halogens is 1. The van der Waals surface area contributed by atoms with Crippen LogP contribution in [0.15, 0.2) is 12.3 Å². The van der Waals surface area contributed by atoms with Crippen LogP contribution in [0, 0.1) is 5.95 Å². The highest BCUT2D eigenvalue weighted by molar-refractivity contribution is 5.72. The number of esters is 1. The molecule has 0 amide bonds. The van der Waals surface area contributed by atoms with E-state index in [0.717, 1.165) is 6.07 Å². The summed E-state index contributed by atoms with van der Waals surface area (Å²) in [5, 5.41) is 8.90. The number of carbonyl (C=O) groups is 1. The maximum Gasteiger partial charge on any atom is 0.310 e. The number of ether oxygens (including phenoxy) is 1. The number of pyridine rings is 1. The summed E-state index contributed by atoms with van der Waals surface area (Å²) >= 11 is 0. The third kappa shape index (κ3) is 2.40. The topological polar surface area (TPSA) is 59.4 Å². The summed E-state index contributed by atoms with van der Waals surface area (Å²) in [4.78, 5) is 14.0. The first-order valence-corrected chi connectivity index (χ1v) is 3.53. The van der Waals surface area contributed by atoms with Crippen molar-refractivity contribution in [1.82, 2.24) is 4.98 Å². The van der Waals surface area contributed by atoms with Gasteiger partial charge in [0, 0.05) is 6.20 Å². The molecule has 0 saturated carbocycles. The third-order valence-electron chi connectivity index (χ3n) is 1.45. The van der Waals surface area contributed by atoms with Crippen LogP contribution in [0.1, 0.15) is 5.56 Å². The van der Waals surface area contributed by atoms with E-state index in [0.29, 0.717) is 5.56 Å². The maximum absolute atomic E-state index is 12.4. The van der Waals surface area contributed by atoms with Gasteiger partial charge in [0.2, 0.25) is 0 Å². The SMILES string of the molecule is COC(=O)Cc1cnc(F)c(O)c1. The molecule has 1 aromatic heterocycles. The second-order valence-corrected chi connectivity index (χ2v) is 2.41. The van der Waals surface area contributed by atoms with E-state index in [1.165, 1.54) is 13.3 Å². The van der Waals surface area contributed by atoms with Gasteiger partial charge in [0.15, 0.2) is 5.75 Å². The zero-order valence-corrected chi connectivity index (χ0v) is 6.95. The number of hydrogen-bond acceptors (Lipinski definition) is 4. The lowest BCUT2D eigenvalue weighted by molar-refractivity contribution is -0.139. The first-order chi connectivity index (χ1) is 6.13. The molecule has 0 spiro atoms. The molecule has 0 aliphatic rings. The fourth-order valence-corrected chi connectivity index (χ4v) is 0.814. The molecule has 5 heteroatoms. The van der Waals surface area contributed by atoms with Gasteiger partial charge in [0.1, 0.15) is 0 Å². The summed E-state index contributed by atoms with van der Waals surface area (Å²) in [5.41, 5.74) is 0.408. The van der Waals surface area contributed by atoms with Crippen LogP contribution in [0.25, 0.3) is 0 Å². The molecule has 1 rings (SSSR count). The fourth-order valence-electron chi connectivity index (χ4n) is 0.814. The predicted molar refractivity (Wildman–Crippen MR) is 41.6 cm³/mol. The van der Waals surface area contributed by atoms with Crippen molar-refractivity contribution in [3.63, 3.8) is 0 Å². The molecule has 0 aliphatic carbocycles. The van der Waals surface area contributed by atoms with Gasteiger partial charge < -0.3 is 9.84 Å². The molecule has 0 saturated heterocycles. The van der Waals surface area contributed by atoms with Crippen molar-refractivity contribution in [2.75, 3.05) is 7.11 Å². The molecular formula is C8H8FNO3. The molecule has 1 N–H and O–H groups in total. The van der Waals surface area contributed by atoms with E-state index in [9.17, 15) is 9.18 Å². The maximum atomic E-state index is 12.4. The van der Waals surface area contributed by atoms with Crippen LogP contribution in [0.3, 0.4) is 0 Å². The molecular weight excluding hydrogens is 177 g/mol. The second kappa shape index (κ2) is 3.84. The lowest BCUT2D eigenvalue weighted by atomic mass is 10.2. The van der Waals surface area contributed by atoms with Gasteiger partial charge in [-0.05, 0) is 11.6 Å². The Morgan fingerprint density at radius 1 is 1.77 bits per heavy atom. The minimum atomic E-state index is -0.950.